The number of hydrogen-bond donors (Lipinski definition) is 2. The third kappa shape index (κ3) is 4.53. The lowest BCUT2D eigenvalue weighted by Gasteiger charge is -2.16. The zero-order valence-electron chi connectivity index (χ0n) is 15.0. The van der Waals surface area contributed by atoms with Crippen LogP contribution < -0.4 is 5.32 Å². The number of rotatable bonds is 6. The minimum Gasteiger partial charge on any atom is -0.342 e. The molecule has 0 radical (unpaired) electrons. The molecule has 1 aliphatic carbocycles. The quantitative estimate of drug-likeness (QED) is 0.838. The van der Waals surface area contributed by atoms with Crippen molar-refractivity contribution in [1.82, 2.24) is 25.9 Å². The van der Waals surface area contributed by atoms with Gasteiger partial charge in [-0.3, -0.25) is 4.79 Å². The summed E-state index contributed by atoms with van der Waals surface area (Å²) >= 11 is 0. The van der Waals surface area contributed by atoms with E-state index in [1.54, 1.807) is 0 Å². The molecular weight excluding hydrogens is 326 g/mol. The molecule has 1 amide bonds. The molecule has 0 bridgehead atoms. The topological polar surface area (TPSA) is 83.6 Å². The third-order valence-electron chi connectivity index (χ3n) is 4.31. The summed E-state index contributed by atoms with van der Waals surface area (Å²) < 4.78 is 0. The number of aromatic nitrogens is 4. The number of hydrogen-bond acceptors (Lipinski definition) is 4. The van der Waals surface area contributed by atoms with Crippen molar-refractivity contribution in [3.8, 4) is 0 Å². The highest BCUT2D eigenvalue weighted by molar-refractivity contribution is 5.79. The molecule has 3 rings (SSSR count). The maximum atomic E-state index is 12.6. The lowest BCUT2D eigenvalue weighted by Crippen LogP contribution is -2.30. The number of carbonyl (C=O) groups excluding carboxylic acids is 1. The first-order valence-corrected chi connectivity index (χ1v) is 8.77. The molecule has 2 aromatic rings. The van der Waals surface area contributed by atoms with Gasteiger partial charge in [0.05, 0.1) is 0 Å². The molecule has 1 aromatic heterocycles. The Kier molecular flexibility index (Phi) is 5.73. The third-order valence-corrected chi connectivity index (χ3v) is 4.31. The van der Waals surface area contributed by atoms with Gasteiger partial charge < -0.3 is 5.32 Å². The molecule has 1 unspecified atom stereocenters. The Labute approximate surface area is 153 Å². The van der Waals surface area contributed by atoms with Gasteiger partial charge in [-0.25, -0.2) is 0 Å². The van der Waals surface area contributed by atoms with Crippen LogP contribution in [-0.4, -0.2) is 26.5 Å². The molecular formula is C20H23N5O. The number of H-pyrrole nitrogens is 1. The van der Waals surface area contributed by atoms with E-state index in [4.69, 9.17) is 0 Å². The second-order valence-corrected chi connectivity index (χ2v) is 6.61. The summed E-state index contributed by atoms with van der Waals surface area (Å²) in [6, 6.07) is 9.22. The summed E-state index contributed by atoms with van der Waals surface area (Å²) in [6.07, 6.45) is 9.53. The van der Waals surface area contributed by atoms with E-state index in [-0.39, 0.29) is 5.91 Å². The highest BCUT2D eigenvalue weighted by Gasteiger charge is 2.21. The summed E-state index contributed by atoms with van der Waals surface area (Å²) in [5, 5.41) is 17.2. The molecule has 0 aliphatic heterocycles. The van der Waals surface area contributed by atoms with Gasteiger partial charge in [-0.2, -0.15) is 5.21 Å². The predicted molar refractivity (Wildman–Crippen MR) is 100.0 cm³/mol. The van der Waals surface area contributed by atoms with Crippen LogP contribution in [0, 0.1) is 5.92 Å². The van der Waals surface area contributed by atoms with Crippen LogP contribution in [0.5, 0.6) is 0 Å². The highest BCUT2D eigenvalue weighted by atomic mass is 16.1. The SMILES string of the molecule is CC(C)C1=CC=C(CC(=O)NC(c2ccccc2)c2nn[nH]n2)CC=C1. The molecule has 1 aromatic carbocycles. The number of allylic oxidation sites excluding steroid dienone is 5. The van der Waals surface area contributed by atoms with E-state index in [9.17, 15) is 4.79 Å². The van der Waals surface area contributed by atoms with E-state index in [0.717, 1.165) is 17.6 Å². The van der Waals surface area contributed by atoms with Crippen LogP contribution in [-0.2, 0) is 4.79 Å². The molecule has 26 heavy (non-hydrogen) atoms. The number of nitrogens with zero attached hydrogens (tertiary/aromatic N) is 3. The van der Waals surface area contributed by atoms with Crippen LogP contribution in [0.25, 0.3) is 0 Å². The molecule has 0 saturated heterocycles. The summed E-state index contributed by atoms with van der Waals surface area (Å²) in [5.41, 5.74) is 3.27. The van der Waals surface area contributed by atoms with Gasteiger partial charge in [0.2, 0.25) is 11.7 Å². The molecule has 6 nitrogen and oxygen atoms in total. The van der Waals surface area contributed by atoms with Crippen LogP contribution in [0.1, 0.15) is 44.1 Å². The van der Waals surface area contributed by atoms with Crippen LogP contribution in [0.3, 0.4) is 0 Å². The Bertz CT molecular complexity index is 819. The van der Waals surface area contributed by atoms with E-state index in [0.29, 0.717) is 18.2 Å². The largest absolute Gasteiger partial charge is 0.342 e. The minimum absolute atomic E-state index is 0.0651. The Morgan fingerprint density at radius 2 is 2.04 bits per heavy atom. The van der Waals surface area contributed by atoms with Crippen molar-refractivity contribution < 1.29 is 4.79 Å². The zero-order valence-corrected chi connectivity index (χ0v) is 15.0. The summed E-state index contributed by atoms with van der Waals surface area (Å²) in [4.78, 5) is 12.6. The fourth-order valence-corrected chi connectivity index (χ4v) is 2.85. The maximum Gasteiger partial charge on any atom is 0.224 e. The monoisotopic (exact) mass is 349 g/mol. The Hall–Kier alpha value is -3.02. The Balaban J connectivity index is 1.72. The van der Waals surface area contributed by atoms with Crippen LogP contribution in [0.2, 0.25) is 0 Å². The van der Waals surface area contributed by atoms with Crippen LogP contribution in [0.15, 0.2) is 65.8 Å². The standard InChI is InChI=1S/C20H23N5O/c1-14(2)16-10-6-7-15(11-12-16)13-18(26)21-19(20-22-24-25-23-20)17-8-4-3-5-9-17/h3-6,8-12,14,19H,7,13H2,1-2H3,(H,21,26)(H,22,23,24,25). The number of amides is 1. The molecule has 6 heteroatoms. The van der Waals surface area contributed by atoms with E-state index in [1.807, 2.05) is 30.3 Å². The lowest BCUT2D eigenvalue weighted by atomic mass is 10.0. The maximum absolute atomic E-state index is 12.6. The van der Waals surface area contributed by atoms with Gasteiger partial charge in [0.1, 0.15) is 6.04 Å². The Morgan fingerprint density at radius 3 is 2.73 bits per heavy atom. The number of tetrazole rings is 1. The average molecular weight is 349 g/mol. The van der Waals surface area contributed by atoms with Gasteiger partial charge in [-0.1, -0.05) is 79.3 Å². The molecule has 1 atom stereocenters. The first-order chi connectivity index (χ1) is 12.6. The molecule has 1 aliphatic rings. The fraction of sp³-hybridized carbons (Fsp3) is 0.300. The summed E-state index contributed by atoms with van der Waals surface area (Å²) in [6.45, 7) is 4.33. The van der Waals surface area contributed by atoms with E-state index < -0.39 is 6.04 Å². The molecule has 1 heterocycles. The van der Waals surface area contributed by atoms with E-state index in [1.165, 1.54) is 5.57 Å². The molecule has 134 valence electrons. The summed E-state index contributed by atoms with van der Waals surface area (Å²) in [5.74, 6) is 0.849. The number of nitrogens with one attached hydrogen (secondary N) is 2. The van der Waals surface area contributed by atoms with Crippen molar-refractivity contribution in [2.24, 2.45) is 5.92 Å². The molecule has 0 fully saturated rings. The first-order valence-electron chi connectivity index (χ1n) is 8.77. The second kappa shape index (κ2) is 8.38. The van der Waals surface area contributed by atoms with Crippen LogP contribution >= 0.6 is 0 Å². The van der Waals surface area contributed by atoms with Crippen molar-refractivity contribution >= 4 is 5.91 Å². The minimum atomic E-state index is -0.425. The van der Waals surface area contributed by atoms with Gasteiger partial charge in [-0.15, -0.1) is 10.2 Å². The number of aromatic amines is 1. The zero-order chi connectivity index (χ0) is 18.4. The number of benzene rings is 1. The smallest absolute Gasteiger partial charge is 0.224 e. The fourth-order valence-electron chi connectivity index (χ4n) is 2.85. The number of carbonyl (C=O) groups is 1. The van der Waals surface area contributed by atoms with Crippen LogP contribution in [0.4, 0.5) is 0 Å². The lowest BCUT2D eigenvalue weighted by molar-refractivity contribution is -0.121. The molecule has 0 spiro atoms. The van der Waals surface area contributed by atoms with Crippen molar-refractivity contribution in [2.45, 2.75) is 32.7 Å². The van der Waals surface area contributed by atoms with Crippen molar-refractivity contribution in [3.05, 3.63) is 77.2 Å². The Morgan fingerprint density at radius 1 is 1.23 bits per heavy atom. The van der Waals surface area contributed by atoms with Gasteiger partial charge >= 0.3 is 0 Å². The molecule has 0 saturated carbocycles. The molecule has 2 N–H and O–H groups in total. The summed E-state index contributed by atoms with van der Waals surface area (Å²) in [7, 11) is 0. The van der Waals surface area contributed by atoms with Gasteiger partial charge in [0.15, 0.2) is 0 Å². The van der Waals surface area contributed by atoms with E-state index in [2.05, 4.69) is 64.1 Å². The second-order valence-electron chi connectivity index (χ2n) is 6.61. The van der Waals surface area contributed by atoms with Gasteiger partial charge in [-0.05, 0) is 23.5 Å². The first kappa shape index (κ1) is 17.8. The van der Waals surface area contributed by atoms with Crippen molar-refractivity contribution in [2.75, 3.05) is 0 Å². The predicted octanol–water partition coefficient (Wildman–Crippen LogP) is 3.26. The van der Waals surface area contributed by atoms with Gasteiger partial charge in [0, 0.05) is 6.42 Å². The van der Waals surface area contributed by atoms with Crippen molar-refractivity contribution in [3.63, 3.8) is 0 Å². The normalized spacial score (nSPS) is 15.2. The van der Waals surface area contributed by atoms with Gasteiger partial charge in [0.25, 0.3) is 0 Å². The van der Waals surface area contributed by atoms with Crippen molar-refractivity contribution in [1.29, 1.82) is 0 Å². The average Bonchev–Trinajstić information content (AvgIpc) is 3.07. The highest BCUT2D eigenvalue weighted by Crippen LogP contribution is 2.21. The van der Waals surface area contributed by atoms with E-state index >= 15 is 0 Å².